The average Bonchev–Trinajstić information content (AvgIpc) is 2.43. The Bertz CT molecular complexity index is 542. The smallest absolute Gasteiger partial charge is 0.338 e. The highest BCUT2D eigenvalue weighted by molar-refractivity contribution is 9.08. The SMILES string of the molecule is COC(=O)c1cc(C(=O)OC)c(CBr)c([N+](=O)[O-])c1. The Labute approximate surface area is 116 Å². The van der Waals surface area contributed by atoms with Crippen LogP contribution in [0.3, 0.4) is 0 Å². The molecule has 0 aromatic heterocycles. The fraction of sp³-hybridized carbons (Fsp3) is 0.273. The van der Waals surface area contributed by atoms with Gasteiger partial charge in [-0.2, -0.15) is 0 Å². The number of hydrogen-bond donors (Lipinski definition) is 0. The van der Waals surface area contributed by atoms with Gasteiger partial charge >= 0.3 is 11.9 Å². The van der Waals surface area contributed by atoms with E-state index in [2.05, 4.69) is 25.4 Å². The molecule has 0 saturated carbocycles. The predicted molar refractivity (Wildman–Crippen MR) is 68.4 cm³/mol. The highest BCUT2D eigenvalue weighted by Gasteiger charge is 2.25. The first-order valence-corrected chi connectivity index (χ1v) is 6.12. The standard InChI is InChI=1S/C11H10BrNO6/c1-18-10(14)6-3-7(11(15)19-2)8(5-12)9(4-6)13(16)17/h3-4H,5H2,1-2H3. The van der Waals surface area contributed by atoms with Crippen molar-refractivity contribution in [1.29, 1.82) is 0 Å². The molecule has 0 atom stereocenters. The first kappa shape index (κ1) is 15.1. The van der Waals surface area contributed by atoms with E-state index in [9.17, 15) is 19.7 Å². The highest BCUT2D eigenvalue weighted by atomic mass is 79.9. The summed E-state index contributed by atoms with van der Waals surface area (Å²) in [6.45, 7) is 0. The minimum atomic E-state index is -0.769. The molecule has 0 saturated heterocycles. The summed E-state index contributed by atoms with van der Waals surface area (Å²) < 4.78 is 9.03. The Hall–Kier alpha value is -1.96. The first-order chi connectivity index (χ1) is 8.96. The van der Waals surface area contributed by atoms with Gasteiger partial charge < -0.3 is 9.47 Å². The maximum absolute atomic E-state index is 11.6. The molecule has 0 amide bonds. The molecule has 0 unspecified atom stereocenters. The minimum absolute atomic E-state index is 0.0472. The summed E-state index contributed by atoms with van der Waals surface area (Å²) >= 11 is 3.08. The van der Waals surface area contributed by atoms with E-state index in [0.29, 0.717) is 0 Å². The molecule has 7 nitrogen and oxygen atoms in total. The van der Waals surface area contributed by atoms with Crippen molar-refractivity contribution in [3.8, 4) is 0 Å². The second-order valence-electron chi connectivity index (χ2n) is 3.40. The molecule has 19 heavy (non-hydrogen) atoms. The molecule has 1 aromatic carbocycles. The van der Waals surface area contributed by atoms with Crippen molar-refractivity contribution in [1.82, 2.24) is 0 Å². The maximum Gasteiger partial charge on any atom is 0.338 e. The van der Waals surface area contributed by atoms with E-state index in [1.54, 1.807) is 0 Å². The molecule has 1 rings (SSSR count). The number of alkyl halides is 1. The fourth-order valence-electron chi connectivity index (χ4n) is 1.49. The lowest BCUT2D eigenvalue weighted by atomic mass is 10.0. The van der Waals surface area contributed by atoms with Crippen LogP contribution in [-0.4, -0.2) is 31.1 Å². The van der Waals surface area contributed by atoms with Gasteiger partial charge in [-0.1, -0.05) is 15.9 Å². The number of rotatable bonds is 4. The molecular formula is C11H10BrNO6. The van der Waals surface area contributed by atoms with Gasteiger partial charge in [0.25, 0.3) is 5.69 Å². The Morgan fingerprint density at radius 2 is 1.84 bits per heavy atom. The van der Waals surface area contributed by atoms with Gasteiger partial charge in [-0.25, -0.2) is 9.59 Å². The summed E-state index contributed by atoms with van der Waals surface area (Å²) in [5, 5.41) is 11.1. The monoisotopic (exact) mass is 331 g/mol. The van der Waals surface area contributed by atoms with E-state index in [0.717, 1.165) is 20.3 Å². The number of nitro benzene ring substituents is 1. The third-order valence-electron chi connectivity index (χ3n) is 2.38. The van der Waals surface area contributed by atoms with E-state index >= 15 is 0 Å². The molecule has 0 N–H and O–H groups in total. The van der Waals surface area contributed by atoms with Gasteiger partial charge in [-0.3, -0.25) is 10.1 Å². The van der Waals surface area contributed by atoms with E-state index in [1.165, 1.54) is 6.07 Å². The molecule has 0 aliphatic carbocycles. The number of esters is 2. The van der Waals surface area contributed by atoms with Crippen molar-refractivity contribution >= 4 is 33.6 Å². The summed E-state index contributed by atoms with van der Waals surface area (Å²) in [4.78, 5) is 33.4. The van der Waals surface area contributed by atoms with Crippen molar-refractivity contribution in [3.63, 3.8) is 0 Å². The maximum atomic E-state index is 11.6. The average molecular weight is 332 g/mol. The molecule has 0 bridgehead atoms. The van der Waals surface area contributed by atoms with Crippen LogP contribution < -0.4 is 0 Å². The van der Waals surface area contributed by atoms with Gasteiger partial charge in [0.1, 0.15) is 0 Å². The second kappa shape index (κ2) is 6.28. The van der Waals surface area contributed by atoms with Gasteiger partial charge in [-0.15, -0.1) is 0 Å². The van der Waals surface area contributed by atoms with Gasteiger partial charge in [0, 0.05) is 11.4 Å². The number of halogens is 1. The normalized spacial score (nSPS) is 9.84. The van der Waals surface area contributed by atoms with Gasteiger partial charge in [-0.05, 0) is 6.07 Å². The van der Waals surface area contributed by atoms with Crippen molar-refractivity contribution in [2.75, 3.05) is 14.2 Å². The number of hydrogen-bond acceptors (Lipinski definition) is 6. The lowest BCUT2D eigenvalue weighted by molar-refractivity contribution is -0.385. The molecule has 0 heterocycles. The lowest BCUT2D eigenvalue weighted by Crippen LogP contribution is -2.11. The number of benzene rings is 1. The molecule has 8 heteroatoms. The zero-order valence-electron chi connectivity index (χ0n) is 10.1. The minimum Gasteiger partial charge on any atom is -0.465 e. The number of methoxy groups -OCH3 is 2. The highest BCUT2D eigenvalue weighted by Crippen LogP contribution is 2.28. The predicted octanol–water partition coefficient (Wildman–Crippen LogP) is 2.06. The summed E-state index contributed by atoms with van der Waals surface area (Å²) in [6, 6.07) is 2.27. The number of carbonyl (C=O) groups is 2. The summed E-state index contributed by atoms with van der Waals surface area (Å²) in [7, 11) is 2.29. The number of nitrogens with zero attached hydrogens (tertiary/aromatic N) is 1. The van der Waals surface area contributed by atoms with Crippen LogP contribution >= 0.6 is 15.9 Å². The summed E-state index contributed by atoms with van der Waals surface area (Å²) in [6.07, 6.45) is 0. The Kier molecular flexibility index (Phi) is 4.99. The largest absolute Gasteiger partial charge is 0.465 e. The third kappa shape index (κ3) is 3.08. The van der Waals surface area contributed by atoms with Crippen LogP contribution in [0.4, 0.5) is 5.69 Å². The van der Waals surface area contributed by atoms with E-state index in [-0.39, 0.29) is 27.7 Å². The molecule has 0 fully saturated rings. The fourth-order valence-corrected chi connectivity index (χ4v) is 2.08. The van der Waals surface area contributed by atoms with Gasteiger partial charge in [0.2, 0.25) is 0 Å². The van der Waals surface area contributed by atoms with Crippen molar-refractivity contribution < 1.29 is 24.0 Å². The molecule has 1 aromatic rings. The number of carbonyl (C=O) groups excluding carboxylic acids is 2. The zero-order valence-corrected chi connectivity index (χ0v) is 11.7. The van der Waals surface area contributed by atoms with Crippen LogP contribution in [0.15, 0.2) is 12.1 Å². The zero-order chi connectivity index (χ0) is 14.6. The molecule has 0 radical (unpaired) electrons. The van der Waals surface area contributed by atoms with Crippen LogP contribution in [0.5, 0.6) is 0 Å². The topological polar surface area (TPSA) is 95.7 Å². The molecule has 0 aliphatic rings. The Morgan fingerprint density at radius 1 is 1.26 bits per heavy atom. The van der Waals surface area contributed by atoms with Crippen molar-refractivity contribution in [2.45, 2.75) is 5.33 Å². The number of ether oxygens (including phenoxy) is 2. The van der Waals surface area contributed by atoms with Crippen LogP contribution in [0.1, 0.15) is 26.3 Å². The Morgan fingerprint density at radius 3 is 2.26 bits per heavy atom. The van der Waals surface area contributed by atoms with E-state index < -0.39 is 16.9 Å². The first-order valence-electron chi connectivity index (χ1n) is 5.00. The van der Waals surface area contributed by atoms with Crippen LogP contribution in [0.2, 0.25) is 0 Å². The van der Waals surface area contributed by atoms with Crippen LogP contribution in [0, 0.1) is 10.1 Å². The Balaban J connectivity index is 3.58. The molecule has 0 spiro atoms. The lowest BCUT2D eigenvalue weighted by Gasteiger charge is -2.08. The van der Waals surface area contributed by atoms with Crippen LogP contribution in [-0.2, 0) is 14.8 Å². The number of nitro groups is 1. The quantitative estimate of drug-likeness (QED) is 0.362. The van der Waals surface area contributed by atoms with Gasteiger partial charge in [0.05, 0.1) is 35.8 Å². The van der Waals surface area contributed by atoms with E-state index in [4.69, 9.17) is 0 Å². The van der Waals surface area contributed by atoms with E-state index in [1.807, 2.05) is 0 Å². The molecular weight excluding hydrogens is 322 g/mol. The van der Waals surface area contributed by atoms with Gasteiger partial charge in [0.15, 0.2) is 0 Å². The van der Waals surface area contributed by atoms with Crippen LogP contribution in [0.25, 0.3) is 0 Å². The van der Waals surface area contributed by atoms with Crippen molar-refractivity contribution in [3.05, 3.63) is 38.9 Å². The second-order valence-corrected chi connectivity index (χ2v) is 3.96. The van der Waals surface area contributed by atoms with Crippen molar-refractivity contribution in [2.24, 2.45) is 0 Å². The third-order valence-corrected chi connectivity index (χ3v) is 2.94. The summed E-state index contributed by atoms with van der Waals surface area (Å²) in [5.74, 6) is -1.53. The molecule has 0 aliphatic heterocycles. The molecule has 102 valence electrons. The summed E-state index contributed by atoms with van der Waals surface area (Å²) in [5.41, 5.74) is -0.335.